The fourth-order valence-corrected chi connectivity index (χ4v) is 1.42. The average Bonchev–Trinajstić information content (AvgIpc) is 2.49. The summed E-state index contributed by atoms with van der Waals surface area (Å²) in [5.41, 5.74) is 7.34. The molecule has 0 saturated carbocycles. The molecular weight excluding hydrogens is 336 g/mol. The molecule has 0 aliphatic heterocycles. The highest BCUT2D eigenvalue weighted by Gasteiger charge is 2.23. The van der Waals surface area contributed by atoms with Crippen LogP contribution in [0.1, 0.15) is 20.8 Å². The molecule has 0 aromatic heterocycles. The van der Waals surface area contributed by atoms with Crippen LogP contribution in [0, 0.1) is 0 Å². The van der Waals surface area contributed by atoms with Gasteiger partial charge < -0.3 is 29.4 Å². The highest BCUT2D eigenvalue weighted by Crippen LogP contribution is 2.06. The van der Waals surface area contributed by atoms with Gasteiger partial charge in [-0.25, -0.2) is 9.59 Å². The molecule has 144 valence electrons. The number of nitrogens with zero attached hydrogens (tertiary/aromatic N) is 3. The van der Waals surface area contributed by atoms with Crippen LogP contribution < -0.4 is 5.32 Å². The Hall–Kier alpha value is -2.07. The average molecular weight is 362 g/mol. The summed E-state index contributed by atoms with van der Waals surface area (Å²) in [6.45, 7) is 6.50. The SMILES string of the molecule is CC(C)(C)OC(=O)NC(COCCOCCOCCN=[N+]=[N-])C(=O)O. The molecule has 0 aromatic carbocycles. The molecule has 0 rings (SSSR count). The van der Waals surface area contributed by atoms with Gasteiger partial charge in [0.2, 0.25) is 0 Å². The standard InChI is InChI=1S/C14H26N4O7/c1-14(2,3)25-13(21)17-11(12(19)20)10-24-9-8-23-7-6-22-5-4-16-18-15/h11H,4-10H2,1-3H3,(H,17,21)(H,19,20). The number of azide groups is 1. The molecule has 25 heavy (non-hydrogen) atoms. The van der Waals surface area contributed by atoms with Gasteiger partial charge in [0, 0.05) is 11.5 Å². The first kappa shape index (κ1) is 22.9. The van der Waals surface area contributed by atoms with Crippen molar-refractivity contribution in [2.24, 2.45) is 5.11 Å². The minimum atomic E-state index is -1.22. The lowest BCUT2D eigenvalue weighted by Crippen LogP contribution is -2.46. The van der Waals surface area contributed by atoms with E-state index >= 15 is 0 Å². The first-order valence-electron chi connectivity index (χ1n) is 7.72. The van der Waals surface area contributed by atoms with Crippen molar-refractivity contribution in [1.29, 1.82) is 0 Å². The number of hydrogen-bond acceptors (Lipinski definition) is 7. The fourth-order valence-electron chi connectivity index (χ4n) is 1.42. The number of carbonyl (C=O) groups excluding carboxylic acids is 1. The van der Waals surface area contributed by atoms with Gasteiger partial charge in [0.1, 0.15) is 5.60 Å². The number of alkyl carbamates (subject to hydrolysis) is 1. The molecule has 0 bridgehead atoms. The van der Waals surface area contributed by atoms with Gasteiger partial charge in [-0.05, 0) is 26.3 Å². The largest absolute Gasteiger partial charge is 0.480 e. The number of hydrogen-bond donors (Lipinski definition) is 2. The fraction of sp³-hybridized carbons (Fsp3) is 0.857. The summed E-state index contributed by atoms with van der Waals surface area (Å²) >= 11 is 0. The summed E-state index contributed by atoms with van der Waals surface area (Å²) < 4.78 is 20.5. The first-order chi connectivity index (χ1) is 11.8. The molecule has 0 saturated heterocycles. The maximum absolute atomic E-state index is 11.6. The van der Waals surface area contributed by atoms with Gasteiger partial charge in [-0.1, -0.05) is 5.11 Å². The third-order valence-electron chi connectivity index (χ3n) is 2.42. The van der Waals surface area contributed by atoms with E-state index in [0.717, 1.165) is 0 Å². The summed E-state index contributed by atoms with van der Waals surface area (Å²) in [6, 6.07) is -1.21. The van der Waals surface area contributed by atoms with Gasteiger partial charge in [0.05, 0.1) is 39.6 Å². The van der Waals surface area contributed by atoms with Crippen LogP contribution in [-0.2, 0) is 23.7 Å². The van der Waals surface area contributed by atoms with Crippen molar-refractivity contribution in [2.45, 2.75) is 32.4 Å². The number of aliphatic carboxylic acids is 1. The van der Waals surface area contributed by atoms with Crippen LogP contribution >= 0.6 is 0 Å². The summed E-state index contributed by atoms with van der Waals surface area (Å²) in [6.07, 6.45) is -0.822. The second kappa shape index (κ2) is 13.2. The van der Waals surface area contributed by atoms with Crippen molar-refractivity contribution >= 4 is 12.1 Å². The highest BCUT2D eigenvalue weighted by molar-refractivity contribution is 5.80. The molecule has 1 amide bonds. The van der Waals surface area contributed by atoms with Crippen molar-refractivity contribution < 1.29 is 33.6 Å². The van der Waals surface area contributed by atoms with E-state index in [9.17, 15) is 9.59 Å². The van der Waals surface area contributed by atoms with Crippen LogP contribution in [0.5, 0.6) is 0 Å². The number of nitrogens with one attached hydrogen (secondary N) is 1. The number of carboxylic acid groups (broad SMARTS) is 1. The Balaban J connectivity index is 3.75. The van der Waals surface area contributed by atoms with Gasteiger partial charge >= 0.3 is 12.1 Å². The van der Waals surface area contributed by atoms with Crippen molar-refractivity contribution in [2.75, 3.05) is 46.2 Å². The number of amides is 1. The van der Waals surface area contributed by atoms with Crippen molar-refractivity contribution in [3.05, 3.63) is 10.4 Å². The smallest absolute Gasteiger partial charge is 0.408 e. The van der Waals surface area contributed by atoms with Gasteiger partial charge in [-0.3, -0.25) is 0 Å². The first-order valence-corrected chi connectivity index (χ1v) is 7.72. The van der Waals surface area contributed by atoms with Crippen LogP contribution in [0.2, 0.25) is 0 Å². The zero-order valence-electron chi connectivity index (χ0n) is 14.8. The highest BCUT2D eigenvalue weighted by atomic mass is 16.6. The Morgan fingerprint density at radius 2 is 1.68 bits per heavy atom. The molecule has 0 aliphatic rings. The molecule has 0 heterocycles. The second-order valence-electron chi connectivity index (χ2n) is 5.79. The summed E-state index contributed by atoms with van der Waals surface area (Å²) in [4.78, 5) is 25.2. The van der Waals surface area contributed by atoms with E-state index in [1.54, 1.807) is 20.8 Å². The minimum Gasteiger partial charge on any atom is -0.480 e. The summed E-state index contributed by atoms with van der Waals surface area (Å²) in [5.74, 6) is -1.22. The van der Waals surface area contributed by atoms with Crippen LogP contribution in [0.15, 0.2) is 5.11 Å². The predicted octanol–water partition coefficient (Wildman–Crippen LogP) is 1.32. The molecule has 2 N–H and O–H groups in total. The van der Waals surface area contributed by atoms with E-state index in [1.165, 1.54) is 0 Å². The lowest BCUT2D eigenvalue weighted by Gasteiger charge is -2.22. The van der Waals surface area contributed by atoms with E-state index in [-0.39, 0.29) is 26.4 Å². The maximum atomic E-state index is 11.6. The molecule has 1 atom stereocenters. The Labute approximate surface area is 146 Å². The van der Waals surface area contributed by atoms with E-state index in [2.05, 4.69) is 15.3 Å². The second-order valence-corrected chi connectivity index (χ2v) is 5.79. The zero-order chi connectivity index (χ0) is 19.1. The number of carbonyl (C=O) groups is 2. The van der Waals surface area contributed by atoms with Gasteiger partial charge in [-0.2, -0.15) is 0 Å². The predicted molar refractivity (Wildman–Crippen MR) is 87.3 cm³/mol. The van der Waals surface area contributed by atoms with Crippen molar-refractivity contribution in [1.82, 2.24) is 5.32 Å². The van der Waals surface area contributed by atoms with Gasteiger partial charge in [0.25, 0.3) is 0 Å². The Kier molecular flexibility index (Phi) is 12.1. The quantitative estimate of drug-likeness (QED) is 0.217. The van der Waals surface area contributed by atoms with E-state index in [0.29, 0.717) is 19.8 Å². The third kappa shape index (κ3) is 15.2. The molecule has 0 spiro atoms. The third-order valence-corrected chi connectivity index (χ3v) is 2.42. The van der Waals surface area contributed by atoms with Crippen LogP contribution in [0.25, 0.3) is 10.4 Å². The lowest BCUT2D eigenvalue weighted by molar-refractivity contribution is -0.141. The van der Waals surface area contributed by atoms with Crippen molar-refractivity contribution in [3.8, 4) is 0 Å². The van der Waals surface area contributed by atoms with Crippen molar-refractivity contribution in [3.63, 3.8) is 0 Å². The molecule has 0 radical (unpaired) electrons. The molecule has 0 aliphatic carbocycles. The number of carboxylic acids is 1. The minimum absolute atomic E-state index is 0.165. The Morgan fingerprint density at radius 3 is 2.20 bits per heavy atom. The van der Waals surface area contributed by atoms with E-state index in [4.69, 9.17) is 29.6 Å². The molecule has 11 nitrogen and oxygen atoms in total. The Bertz CT molecular complexity index is 447. The van der Waals surface area contributed by atoms with Gasteiger partial charge in [0.15, 0.2) is 6.04 Å². The van der Waals surface area contributed by atoms with Crippen LogP contribution in [0.4, 0.5) is 4.79 Å². The summed E-state index contributed by atoms with van der Waals surface area (Å²) in [5, 5.41) is 14.6. The summed E-state index contributed by atoms with van der Waals surface area (Å²) in [7, 11) is 0. The molecule has 0 aromatic rings. The molecule has 0 fully saturated rings. The topological polar surface area (TPSA) is 152 Å². The van der Waals surface area contributed by atoms with Crippen LogP contribution in [0.3, 0.4) is 0 Å². The van der Waals surface area contributed by atoms with Crippen LogP contribution in [-0.4, -0.2) is 75.0 Å². The normalized spacial score (nSPS) is 12.1. The lowest BCUT2D eigenvalue weighted by atomic mass is 10.2. The molecular formula is C14H26N4O7. The maximum Gasteiger partial charge on any atom is 0.408 e. The number of rotatable bonds is 13. The monoisotopic (exact) mass is 362 g/mol. The zero-order valence-corrected chi connectivity index (χ0v) is 14.8. The van der Waals surface area contributed by atoms with E-state index < -0.39 is 23.7 Å². The van der Waals surface area contributed by atoms with E-state index in [1.807, 2.05) is 0 Å². The molecule has 11 heteroatoms. The Morgan fingerprint density at radius 1 is 1.12 bits per heavy atom. The van der Waals surface area contributed by atoms with Gasteiger partial charge in [-0.15, -0.1) is 0 Å². The number of ether oxygens (including phenoxy) is 4. The molecule has 1 unspecified atom stereocenters.